The zero-order chi connectivity index (χ0) is 17.8. The molecule has 1 atom stereocenters. The number of nitrogens with zero attached hydrogens (tertiary/aromatic N) is 2. The maximum Gasteiger partial charge on any atom is 0.237 e. The number of carbonyl (C=O) groups excluding carboxylic acids is 1. The molecule has 8 heteroatoms. The summed E-state index contributed by atoms with van der Waals surface area (Å²) >= 11 is 7.07. The highest BCUT2D eigenvalue weighted by Gasteiger charge is 2.18. The Bertz CT molecular complexity index is 884. The standard InChI is InChI=1S/C17H14ClFN4OS/c1-10(16(24)20-14-4-2-3-13(19)9-14)25-17-21-15(22-23-17)11-5-7-12(18)8-6-11/h2-10H,1H3,(H,20,24)(H,21,22,23). The van der Waals surface area contributed by atoms with Gasteiger partial charge in [0.15, 0.2) is 5.82 Å². The Labute approximate surface area is 153 Å². The van der Waals surface area contributed by atoms with Crippen LogP contribution in [0, 0.1) is 5.82 Å². The summed E-state index contributed by atoms with van der Waals surface area (Å²) in [5, 5.41) is 10.3. The van der Waals surface area contributed by atoms with Gasteiger partial charge in [0.1, 0.15) is 5.82 Å². The summed E-state index contributed by atoms with van der Waals surface area (Å²) in [6, 6.07) is 12.9. The molecule has 0 aliphatic rings. The SMILES string of the molecule is CC(Sc1n[nH]c(-c2ccc(Cl)cc2)n1)C(=O)Nc1cccc(F)c1. The Morgan fingerprint density at radius 2 is 2.04 bits per heavy atom. The van der Waals surface area contributed by atoms with Crippen molar-refractivity contribution in [2.45, 2.75) is 17.3 Å². The maximum atomic E-state index is 13.2. The molecule has 1 aromatic heterocycles. The van der Waals surface area contributed by atoms with Crippen molar-refractivity contribution in [3.05, 3.63) is 59.4 Å². The van der Waals surface area contributed by atoms with Crippen molar-refractivity contribution in [3.63, 3.8) is 0 Å². The first-order valence-corrected chi connectivity index (χ1v) is 8.68. The topological polar surface area (TPSA) is 70.7 Å². The van der Waals surface area contributed by atoms with Crippen molar-refractivity contribution < 1.29 is 9.18 Å². The molecule has 0 fully saturated rings. The van der Waals surface area contributed by atoms with Crippen LogP contribution in [-0.4, -0.2) is 26.3 Å². The Hall–Kier alpha value is -2.38. The predicted octanol–water partition coefficient (Wildman–Crippen LogP) is 4.38. The minimum Gasteiger partial charge on any atom is -0.325 e. The van der Waals surface area contributed by atoms with Crippen LogP contribution in [0.5, 0.6) is 0 Å². The quantitative estimate of drug-likeness (QED) is 0.648. The van der Waals surface area contributed by atoms with Crippen molar-refractivity contribution in [1.82, 2.24) is 15.2 Å². The first-order valence-electron chi connectivity index (χ1n) is 7.43. The minimum atomic E-state index is -0.447. The third-order valence-electron chi connectivity index (χ3n) is 3.33. The predicted molar refractivity (Wildman–Crippen MR) is 97.2 cm³/mol. The van der Waals surface area contributed by atoms with Crippen LogP contribution >= 0.6 is 23.4 Å². The average molecular weight is 377 g/mol. The maximum absolute atomic E-state index is 13.2. The molecule has 1 amide bonds. The molecule has 0 bridgehead atoms. The number of hydrogen-bond donors (Lipinski definition) is 2. The van der Waals surface area contributed by atoms with Crippen molar-refractivity contribution in [2.24, 2.45) is 0 Å². The van der Waals surface area contributed by atoms with Crippen LogP contribution < -0.4 is 5.32 Å². The number of halogens is 2. The van der Waals surface area contributed by atoms with Crippen molar-refractivity contribution in [2.75, 3.05) is 5.32 Å². The lowest BCUT2D eigenvalue weighted by Gasteiger charge is -2.10. The van der Waals surface area contributed by atoms with Gasteiger partial charge < -0.3 is 5.32 Å². The largest absolute Gasteiger partial charge is 0.325 e. The molecule has 3 rings (SSSR count). The van der Waals surface area contributed by atoms with Gasteiger partial charge in [-0.05, 0) is 49.4 Å². The lowest BCUT2D eigenvalue weighted by atomic mass is 10.2. The number of aromatic amines is 1. The lowest BCUT2D eigenvalue weighted by Crippen LogP contribution is -2.22. The Morgan fingerprint density at radius 1 is 1.28 bits per heavy atom. The summed E-state index contributed by atoms with van der Waals surface area (Å²) in [4.78, 5) is 16.6. The number of amides is 1. The first kappa shape index (κ1) is 17.4. The van der Waals surface area contributed by atoms with Gasteiger partial charge in [0.05, 0.1) is 5.25 Å². The van der Waals surface area contributed by atoms with Gasteiger partial charge in [-0.2, -0.15) is 0 Å². The fraction of sp³-hybridized carbons (Fsp3) is 0.118. The number of thioether (sulfide) groups is 1. The summed E-state index contributed by atoms with van der Waals surface area (Å²) in [6.07, 6.45) is 0. The number of benzene rings is 2. The first-order chi connectivity index (χ1) is 12.0. The van der Waals surface area contributed by atoms with E-state index in [0.717, 1.165) is 5.56 Å². The number of anilines is 1. The third-order valence-corrected chi connectivity index (χ3v) is 4.54. The monoisotopic (exact) mass is 376 g/mol. The van der Waals surface area contributed by atoms with Crippen LogP contribution in [-0.2, 0) is 4.79 Å². The normalized spacial score (nSPS) is 12.0. The number of H-pyrrole nitrogens is 1. The molecule has 0 aliphatic carbocycles. The van der Waals surface area contributed by atoms with Crippen LogP contribution in [0.4, 0.5) is 10.1 Å². The fourth-order valence-electron chi connectivity index (χ4n) is 2.06. The van der Waals surface area contributed by atoms with Crippen molar-refractivity contribution in [3.8, 4) is 11.4 Å². The molecule has 0 saturated carbocycles. The van der Waals surface area contributed by atoms with E-state index in [1.165, 1.54) is 30.0 Å². The number of carbonyl (C=O) groups is 1. The van der Waals surface area contributed by atoms with Crippen molar-refractivity contribution in [1.29, 1.82) is 0 Å². The van der Waals surface area contributed by atoms with E-state index >= 15 is 0 Å². The number of aromatic nitrogens is 3. The van der Waals surface area contributed by atoms with Gasteiger partial charge >= 0.3 is 0 Å². The van der Waals surface area contributed by atoms with Crippen LogP contribution in [0.2, 0.25) is 5.02 Å². The second-order valence-corrected chi connectivity index (χ2v) is 6.98. The van der Waals surface area contributed by atoms with E-state index in [1.807, 2.05) is 12.1 Å². The minimum absolute atomic E-state index is 0.256. The van der Waals surface area contributed by atoms with E-state index in [0.29, 0.717) is 21.7 Å². The average Bonchev–Trinajstić information content (AvgIpc) is 3.04. The molecular formula is C17H14ClFN4OS. The van der Waals surface area contributed by atoms with E-state index in [4.69, 9.17) is 11.6 Å². The van der Waals surface area contributed by atoms with E-state index in [1.54, 1.807) is 25.1 Å². The molecule has 0 radical (unpaired) electrons. The second kappa shape index (κ2) is 7.67. The summed E-state index contributed by atoms with van der Waals surface area (Å²) in [6.45, 7) is 1.73. The molecule has 1 unspecified atom stereocenters. The highest BCUT2D eigenvalue weighted by molar-refractivity contribution is 8.00. The number of hydrogen-bond acceptors (Lipinski definition) is 4. The summed E-state index contributed by atoms with van der Waals surface area (Å²) in [5.74, 6) is -0.0648. The Kier molecular flexibility index (Phi) is 5.35. The highest BCUT2D eigenvalue weighted by atomic mass is 35.5. The second-order valence-electron chi connectivity index (χ2n) is 5.23. The number of nitrogens with one attached hydrogen (secondary N) is 2. The number of rotatable bonds is 5. The summed E-state index contributed by atoms with van der Waals surface area (Å²) < 4.78 is 13.2. The lowest BCUT2D eigenvalue weighted by molar-refractivity contribution is -0.115. The Morgan fingerprint density at radius 3 is 2.76 bits per heavy atom. The van der Waals surface area contributed by atoms with Gasteiger partial charge in [0, 0.05) is 16.3 Å². The zero-order valence-corrected chi connectivity index (χ0v) is 14.7. The highest BCUT2D eigenvalue weighted by Crippen LogP contribution is 2.24. The molecule has 1 heterocycles. The summed E-state index contributed by atoms with van der Waals surface area (Å²) in [7, 11) is 0. The molecule has 128 valence electrons. The zero-order valence-electron chi connectivity index (χ0n) is 13.2. The summed E-state index contributed by atoms with van der Waals surface area (Å²) in [5.41, 5.74) is 1.26. The van der Waals surface area contributed by atoms with Gasteiger partial charge in [0.25, 0.3) is 0 Å². The van der Waals surface area contributed by atoms with Crippen LogP contribution in [0.15, 0.2) is 53.7 Å². The van der Waals surface area contributed by atoms with E-state index < -0.39 is 11.1 Å². The molecule has 0 aliphatic heterocycles. The van der Waals surface area contributed by atoms with E-state index in [2.05, 4.69) is 20.5 Å². The molecule has 3 aromatic rings. The molecule has 2 aromatic carbocycles. The van der Waals surface area contributed by atoms with E-state index in [-0.39, 0.29) is 5.91 Å². The van der Waals surface area contributed by atoms with Gasteiger partial charge in [-0.15, -0.1) is 5.10 Å². The van der Waals surface area contributed by atoms with Gasteiger partial charge in [-0.3, -0.25) is 9.89 Å². The molecule has 0 saturated heterocycles. The third kappa shape index (κ3) is 4.58. The molecule has 5 nitrogen and oxygen atoms in total. The molecule has 25 heavy (non-hydrogen) atoms. The fourth-order valence-corrected chi connectivity index (χ4v) is 2.91. The van der Waals surface area contributed by atoms with Crippen molar-refractivity contribution >= 4 is 35.0 Å². The van der Waals surface area contributed by atoms with Crippen LogP contribution in [0.25, 0.3) is 11.4 Å². The smallest absolute Gasteiger partial charge is 0.237 e. The molecular weight excluding hydrogens is 363 g/mol. The van der Waals surface area contributed by atoms with Crippen LogP contribution in [0.3, 0.4) is 0 Å². The van der Waals surface area contributed by atoms with Crippen LogP contribution in [0.1, 0.15) is 6.92 Å². The van der Waals surface area contributed by atoms with E-state index in [9.17, 15) is 9.18 Å². The Balaban J connectivity index is 1.63. The molecule has 2 N–H and O–H groups in total. The van der Waals surface area contributed by atoms with Gasteiger partial charge in [-0.1, -0.05) is 29.4 Å². The van der Waals surface area contributed by atoms with Gasteiger partial charge in [-0.25, -0.2) is 9.37 Å². The molecule has 0 spiro atoms. The van der Waals surface area contributed by atoms with Gasteiger partial charge in [0.2, 0.25) is 11.1 Å².